The van der Waals surface area contributed by atoms with Gasteiger partial charge in [-0.15, -0.1) is 0 Å². The standard InChI is InChI=1S/C13H18N6/c1-18-12(5-7-16-18)11-4-6-15-13(17-11)19-8-2-3-10(14)9-19/h4-7,10H,2-3,8-9,14H2,1H3. The van der Waals surface area contributed by atoms with Crippen molar-refractivity contribution in [3.63, 3.8) is 0 Å². The summed E-state index contributed by atoms with van der Waals surface area (Å²) in [6.07, 6.45) is 5.75. The van der Waals surface area contributed by atoms with Crippen molar-refractivity contribution >= 4 is 5.95 Å². The summed E-state index contributed by atoms with van der Waals surface area (Å²) in [4.78, 5) is 11.2. The summed E-state index contributed by atoms with van der Waals surface area (Å²) in [6, 6.07) is 4.08. The van der Waals surface area contributed by atoms with Crippen LogP contribution in [0.4, 0.5) is 5.95 Å². The Kier molecular flexibility index (Phi) is 3.16. The monoisotopic (exact) mass is 258 g/mol. The van der Waals surface area contributed by atoms with Gasteiger partial charge in [0.2, 0.25) is 5.95 Å². The van der Waals surface area contributed by atoms with Crippen molar-refractivity contribution in [3.05, 3.63) is 24.5 Å². The van der Waals surface area contributed by atoms with Crippen LogP contribution in [0.1, 0.15) is 12.8 Å². The van der Waals surface area contributed by atoms with E-state index < -0.39 is 0 Å². The summed E-state index contributed by atoms with van der Waals surface area (Å²) in [5, 5.41) is 4.17. The summed E-state index contributed by atoms with van der Waals surface area (Å²) >= 11 is 0. The fraction of sp³-hybridized carbons (Fsp3) is 0.462. The molecular weight excluding hydrogens is 240 g/mol. The van der Waals surface area contributed by atoms with Gasteiger partial charge in [0.15, 0.2) is 0 Å². The third-order valence-corrected chi connectivity index (χ3v) is 3.47. The molecule has 1 aliphatic rings. The highest BCUT2D eigenvalue weighted by atomic mass is 15.3. The predicted octanol–water partition coefficient (Wildman–Crippen LogP) is 0.805. The first-order valence-corrected chi connectivity index (χ1v) is 6.56. The molecule has 19 heavy (non-hydrogen) atoms. The van der Waals surface area contributed by atoms with Gasteiger partial charge in [0.05, 0.1) is 11.4 Å². The fourth-order valence-corrected chi connectivity index (χ4v) is 2.46. The van der Waals surface area contributed by atoms with Gasteiger partial charge in [-0.2, -0.15) is 5.10 Å². The Hall–Kier alpha value is -1.95. The molecule has 6 heteroatoms. The van der Waals surface area contributed by atoms with Crippen LogP contribution in [0.15, 0.2) is 24.5 Å². The van der Waals surface area contributed by atoms with Gasteiger partial charge in [0, 0.05) is 38.6 Å². The highest BCUT2D eigenvalue weighted by Crippen LogP contribution is 2.20. The van der Waals surface area contributed by atoms with E-state index in [0.717, 1.165) is 43.3 Å². The van der Waals surface area contributed by atoms with Crippen LogP contribution in [0.2, 0.25) is 0 Å². The lowest BCUT2D eigenvalue weighted by atomic mass is 10.1. The number of anilines is 1. The minimum Gasteiger partial charge on any atom is -0.339 e. The zero-order valence-corrected chi connectivity index (χ0v) is 11.0. The number of hydrogen-bond donors (Lipinski definition) is 1. The lowest BCUT2D eigenvalue weighted by molar-refractivity contribution is 0.500. The SMILES string of the molecule is Cn1nccc1-c1ccnc(N2CCCC(N)C2)n1. The van der Waals surface area contributed by atoms with E-state index in [0.29, 0.717) is 0 Å². The quantitative estimate of drug-likeness (QED) is 0.862. The summed E-state index contributed by atoms with van der Waals surface area (Å²) in [6.45, 7) is 1.80. The van der Waals surface area contributed by atoms with E-state index in [1.807, 2.05) is 23.9 Å². The summed E-state index contributed by atoms with van der Waals surface area (Å²) < 4.78 is 1.81. The number of piperidine rings is 1. The van der Waals surface area contributed by atoms with Crippen molar-refractivity contribution in [2.24, 2.45) is 12.8 Å². The second-order valence-corrected chi connectivity index (χ2v) is 4.93. The van der Waals surface area contributed by atoms with Crippen molar-refractivity contribution in [1.29, 1.82) is 0 Å². The smallest absolute Gasteiger partial charge is 0.225 e. The van der Waals surface area contributed by atoms with Gasteiger partial charge < -0.3 is 10.6 Å². The molecule has 0 aromatic carbocycles. The first kappa shape index (κ1) is 12.1. The molecule has 2 aromatic heterocycles. The van der Waals surface area contributed by atoms with Crippen LogP contribution in [0, 0.1) is 0 Å². The Balaban J connectivity index is 1.90. The van der Waals surface area contributed by atoms with Crippen LogP contribution in [-0.4, -0.2) is 38.9 Å². The van der Waals surface area contributed by atoms with Gasteiger partial charge in [-0.25, -0.2) is 9.97 Å². The van der Waals surface area contributed by atoms with E-state index in [1.165, 1.54) is 0 Å². The van der Waals surface area contributed by atoms with Crippen LogP contribution in [-0.2, 0) is 7.05 Å². The highest BCUT2D eigenvalue weighted by molar-refractivity contribution is 5.55. The van der Waals surface area contributed by atoms with Gasteiger partial charge in [0.25, 0.3) is 0 Å². The normalized spacial score (nSPS) is 19.7. The maximum absolute atomic E-state index is 6.01. The maximum Gasteiger partial charge on any atom is 0.225 e. The lowest BCUT2D eigenvalue weighted by Crippen LogP contribution is -2.43. The Bertz CT molecular complexity index is 564. The first-order valence-electron chi connectivity index (χ1n) is 6.56. The molecule has 0 bridgehead atoms. The molecule has 3 heterocycles. The molecule has 1 aliphatic heterocycles. The molecule has 0 amide bonds. The van der Waals surface area contributed by atoms with E-state index in [2.05, 4.69) is 20.0 Å². The molecule has 1 unspecified atom stereocenters. The molecule has 0 saturated carbocycles. The van der Waals surface area contributed by atoms with Crippen molar-refractivity contribution in [2.45, 2.75) is 18.9 Å². The summed E-state index contributed by atoms with van der Waals surface area (Å²) in [5.41, 5.74) is 7.89. The van der Waals surface area contributed by atoms with Crippen LogP contribution < -0.4 is 10.6 Å². The highest BCUT2D eigenvalue weighted by Gasteiger charge is 2.19. The van der Waals surface area contributed by atoms with E-state index in [1.54, 1.807) is 12.4 Å². The minimum atomic E-state index is 0.220. The Morgan fingerprint density at radius 1 is 1.32 bits per heavy atom. The van der Waals surface area contributed by atoms with Crippen LogP contribution >= 0.6 is 0 Å². The van der Waals surface area contributed by atoms with Gasteiger partial charge in [0.1, 0.15) is 0 Å². The molecule has 1 fully saturated rings. The molecule has 0 radical (unpaired) electrons. The average molecular weight is 258 g/mol. The predicted molar refractivity (Wildman–Crippen MR) is 73.7 cm³/mol. The third-order valence-electron chi connectivity index (χ3n) is 3.47. The molecule has 0 aliphatic carbocycles. The number of aromatic nitrogens is 4. The van der Waals surface area contributed by atoms with Crippen molar-refractivity contribution < 1.29 is 0 Å². The number of hydrogen-bond acceptors (Lipinski definition) is 5. The van der Waals surface area contributed by atoms with Gasteiger partial charge in [-0.3, -0.25) is 4.68 Å². The van der Waals surface area contributed by atoms with Crippen LogP contribution in [0.25, 0.3) is 11.4 Å². The Labute approximate surface area is 112 Å². The molecule has 2 N–H and O–H groups in total. The van der Waals surface area contributed by atoms with Crippen LogP contribution in [0.3, 0.4) is 0 Å². The van der Waals surface area contributed by atoms with Gasteiger partial charge >= 0.3 is 0 Å². The summed E-state index contributed by atoms with van der Waals surface area (Å²) in [5.74, 6) is 0.758. The van der Waals surface area contributed by atoms with E-state index in [-0.39, 0.29) is 6.04 Å². The van der Waals surface area contributed by atoms with E-state index in [4.69, 9.17) is 5.73 Å². The van der Waals surface area contributed by atoms with E-state index >= 15 is 0 Å². The lowest BCUT2D eigenvalue weighted by Gasteiger charge is -2.30. The van der Waals surface area contributed by atoms with Gasteiger partial charge in [-0.1, -0.05) is 0 Å². The minimum absolute atomic E-state index is 0.220. The zero-order valence-electron chi connectivity index (χ0n) is 11.0. The number of nitrogens with zero attached hydrogens (tertiary/aromatic N) is 5. The number of rotatable bonds is 2. The largest absolute Gasteiger partial charge is 0.339 e. The number of nitrogens with two attached hydrogens (primary N) is 1. The van der Waals surface area contributed by atoms with Crippen LogP contribution in [0.5, 0.6) is 0 Å². The molecule has 1 atom stereocenters. The molecular formula is C13H18N6. The Morgan fingerprint density at radius 2 is 2.21 bits per heavy atom. The van der Waals surface area contributed by atoms with Crippen molar-refractivity contribution in [2.75, 3.05) is 18.0 Å². The van der Waals surface area contributed by atoms with Gasteiger partial charge in [-0.05, 0) is 25.0 Å². The molecule has 100 valence electrons. The first-order chi connectivity index (χ1) is 9.24. The second-order valence-electron chi connectivity index (χ2n) is 4.93. The molecule has 0 spiro atoms. The maximum atomic E-state index is 6.01. The van der Waals surface area contributed by atoms with Crippen molar-refractivity contribution in [1.82, 2.24) is 19.7 Å². The zero-order chi connectivity index (χ0) is 13.2. The summed E-state index contributed by atoms with van der Waals surface area (Å²) in [7, 11) is 1.91. The third kappa shape index (κ3) is 2.44. The molecule has 1 saturated heterocycles. The number of aryl methyl sites for hydroxylation is 1. The van der Waals surface area contributed by atoms with Crippen molar-refractivity contribution in [3.8, 4) is 11.4 Å². The second kappa shape index (κ2) is 4.97. The molecule has 3 rings (SSSR count). The molecule has 2 aromatic rings. The fourth-order valence-electron chi connectivity index (χ4n) is 2.46. The topological polar surface area (TPSA) is 72.9 Å². The van der Waals surface area contributed by atoms with E-state index in [9.17, 15) is 0 Å². The average Bonchev–Trinajstić information content (AvgIpc) is 2.85. The Morgan fingerprint density at radius 3 is 2.95 bits per heavy atom. The molecule has 6 nitrogen and oxygen atoms in total.